The van der Waals surface area contributed by atoms with Crippen molar-refractivity contribution in [2.75, 3.05) is 36.1 Å². The van der Waals surface area contributed by atoms with Gasteiger partial charge in [0, 0.05) is 31.7 Å². The van der Waals surface area contributed by atoms with E-state index in [1.807, 2.05) is 39.8 Å². The lowest BCUT2D eigenvalue weighted by atomic mass is 10.1. The van der Waals surface area contributed by atoms with Crippen molar-refractivity contribution in [2.24, 2.45) is 0 Å². The lowest BCUT2D eigenvalue weighted by Crippen LogP contribution is -2.50. The van der Waals surface area contributed by atoms with E-state index in [1.54, 1.807) is 56.2 Å². The summed E-state index contributed by atoms with van der Waals surface area (Å²) >= 11 is 1.24. The number of ether oxygens (including phenoxy) is 2. The summed E-state index contributed by atoms with van der Waals surface area (Å²) in [7, 11) is 0. The minimum absolute atomic E-state index is 0.200. The third-order valence-electron chi connectivity index (χ3n) is 5.89. The topological polar surface area (TPSA) is 117 Å². The highest BCUT2D eigenvalue weighted by Gasteiger charge is 2.30. The predicted molar refractivity (Wildman–Crippen MR) is 157 cm³/mol. The van der Waals surface area contributed by atoms with E-state index in [1.165, 1.54) is 11.3 Å². The smallest absolute Gasteiger partial charge is 0.427 e. The van der Waals surface area contributed by atoms with Gasteiger partial charge in [0.25, 0.3) is 0 Å². The van der Waals surface area contributed by atoms with E-state index in [2.05, 4.69) is 15.3 Å². The molecule has 2 aromatic heterocycles. The highest BCUT2D eigenvalue weighted by molar-refractivity contribution is 7.17. The zero-order valence-corrected chi connectivity index (χ0v) is 25.3. The summed E-state index contributed by atoms with van der Waals surface area (Å²) in [6.45, 7) is 14.7. The number of rotatable bonds is 4. The van der Waals surface area contributed by atoms with Gasteiger partial charge in [0.05, 0.1) is 17.6 Å². The summed E-state index contributed by atoms with van der Waals surface area (Å²) in [6.07, 6.45) is 0.451. The molecule has 1 aliphatic heterocycles. The van der Waals surface area contributed by atoms with Crippen molar-refractivity contribution in [3.05, 3.63) is 53.4 Å². The first kappa shape index (κ1) is 29.9. The SMILES string of the molecule is Cc1nc(C(=O)N(NC(=O)OC(C)(C)C)c2cccc(-c3ccco3)c2)sc1N1CCN(C(=O)OC(C)(C)C)CC1. The van der Waals surface area contributed by atoms with Crippen molar-refractivity contribution in [1.29, 1.82) is 0 Å². The van der Waals surface area contributed by atoms with Gasteiger partial charge in [0.1, 0.15) is 22.0 Å². The molecule has 0 aliphatic carbocycles. The molecule has 1 aliphatic rings. The Morgan fingerprint density at radius 3 is 2.27 bits per heavy atom. The molecule has 0 saturated carbocycles. The largest absolute Gasteiger partial charge is 0.464 e. The fraction of sp³-hybridized carbons (Fsp3) is 0.448. The van der Waals surface area contributed by atoms with Crippen LogP contribution < -0.4 is 15.3 Å². The molecule has 0 unspecified atom stereocenters. The monoisotopic (exact) mass is 583 g/mol. The number of piperazine rings is 1. The average Bonchev–Trinajstić information content (AvgIpc) is 3.55. The normalized spacial score (nSPS) is 14.0. The lowest BCUT2D eigenvalue weighted by molar-refractivity contribution is 0.0240. The Labute approximate surface area is 244 Å². The number of thiazole rings is 1. The molecular weight excluding hydrogens is 546 g/mol. The molecule has 1 N–H and O–H groups in total. The van der Waals surface area contributed by atoms with Crippen molar-refractivity contribution in [3.63, 3.8) is 0 Å². The van der Waals surface area contributed by atoms with Crippen LogP contribution in [0.3, 0.4) is 0 Å². The van der Waals surface area contributed by atoms with Crippen LogP contribution in [0.1, 0.15) is 57.0 Å². The number of aromatic nitrogens is 1. The van der Waals surface area contributed by atoms with E-state index in [0.29, 0.717) is 43.3 Å². The molecule has 3 aromatic rings. The number of carbonyl (C=O) groups excluding carboxylic acids is 3. The van der Waals surface area contributed by atoms with Crippen molar-refractivity contribution in [2.45, 2.75) is 59.7 Å². The first-order valence-electron chi connectivity index (χ1n) is 13.4. The molecule has 3 amide bonds. The maximum absolute atomic E-state index is 13.9. The quantitative estimate of drug-likeness (QED) is 0.380. The van der Waals surface area contributed by atoms with Crippen LogP contribution in [-0.2, 0) is 9.47 Å². The van der Waals surface area contributed by atoms with Gasteiger partial charge in [-0.05, 0) is 72.7 Å². The molecular formula is C29H37N5O6S. The lowest BCUT2D eigenvalue weighted by Gasteiger charge is -2.36. The number of nitrogens with one attached hydrogen (secondary N) is 1. The molecule has 0 spiro atoms. The second-order valence-electron chi connectivity index (χ2n) is 11.6. The summed E-state index contributed by atoms with van der Waals surface area (Å²) in [6, 6.07) is 10.7. The molecule has 3 heterocycles. The molecule has 4 rings (SSSR count). The molecule has 0 radical (unpaired) electrons. The number of carbonyl (C=O) groups is 3. The summed E-state index contributed by atoms with van der Waals surface area (Å²) in [4.78, 5) is 47.5. The summed E-state index contributed by atoms with van der Waals surface area (Å²) in [5, 5.41) is 2.17. The number of anilines is 2. The Morgan fingerprint density at radius 1 is 0.976 bits per heavy atom. The number of furan rings is 1. The highest BCUT2D eigenvalue weighted by Crippen LogP contribution is 2.32. The Hall–Kier alpha value is -4.06. The van der Waals surface area contributed by atoms with Crippen LogP contribution >= 0.6 is 11.3 Å². The Balaban J connectivity index is 1.56. The van der Waals surface area contributed by atoms with E-state index >= 15 is 0 Å². The van der Waals surface area contributed by atoms with Crippen molar-refractivity contribution in [3.8, 4) is 11.3 Å². The van der Waals surface area contributed by atoms with Crippen LogP contribution in [-0.4, -0.2) is 65.4 Å². The van der Waals surface area contributed by atoms with Crippen LogP contribution in [0, 0.1) is 6.92 Å². The molecule has 0 bridgehead atoms. The van der Waals surface area contributed by atoms with Gasteiger partial charge in [0.2, 0.25) is 0 Å². The average molecular weight is 584 g/mol. The van der Waals surface area contributed by atoms with Crippen LogP contribution in [0.5, 0.6) is 0 Å². The van der Waals surface area contributed by atoms with Gasteiger partial charge in [-0.1, -0.05) is 23.5 Å². The zero-order chi connectivity index (χ0) is 29.9. The fourth-order valence-corrected chi connectivity index (χ4v) is 5.20. The van der Waals surface area contributed by atoms with Gasteiger partial charge in [-0.25, -0.2) is 25.0 Å². The Bertz CT molecular complexity index is 1380. The molecule has 1 fully saturated rings. The number of hydrogen-bond donors (Lipinski definition) is 1. The second-order valence-corrected chi connectivity index (χ2v) is 12.6. The minimum Gasteiger partial charge on any atom is -0.464 e. The van der Waals surface area contributed by atoms with Crippen LogP contribution in [0.2, 0.25) is 0 Å². The number of benzene rings is 1. The highest BCUT2D eigenvalue weighted by atomic mass is 32.1. The van der Waals surface area contributed by atoms with Crippen LogP contribution in [0.4, 0.5) is 20.3 Å². The first-order chi connectivity index (χ1) is 19.2. The molecule has 41 heavy (non-hydrogen) atoms. The molecule has 1 saturated heterocycles. The van der Waals surface area contributed by atoms with Gasteiger partial charge in [-0.15, -0.1) is 0 Å². The summed E-state index contributed by atoms with van der Waals surface area (Å²) in [5.41, 5.74) is 3.10. The van der Waals surface area contributed by atoms with E-state index in [-0.39, 0.29) is 11.1 Å². The van der Waals surface area contributed by atoms with Crippen LogP contribution in [0.15, 0.2) is 47.1 Å². The van der Waals surface area contributed by atoms with Crippen LogP contribution in [0.25, 0.3) is 11.3 Å². The molecule has 220 valence electrons. The van der Waals surface area contributed by atoms with Gasteiger partial charge < -0.3 is 23.7 Å². The number of aryl methyl sites for hydroxylation is 1. The Morgan fingerprint density at radius 2 is 1.66 bits per heavy atom. The number of hydrogen-bond acceptors (Lipinski definition) is 9. The van der Waals surface area contributed by atoms with E-state index < -0.39 is 23.2 Å². The first-order valence-corrected chi connectivity index (χ1v) is 14.2. The van der Waals surface area contributed by atoms with E-state index in [9.17, 15) is 14.4 Å². The number of hydrazine groups is 1. The van der Waals surface area contributed by atoms with Crippen molar-refractivity contribution < 1.29 is 28.3 Å². The third kappa shape index (κ3) is 7.78. The van der Waals surface area contributed by atoms with E-state index in [0.717, 1.165) is 15.6 Å². The van der Waals surface area contributed by atoms with Crippen molar-refractivity contribution in [1.82, 2.24) is 15.3 Å². The Kier molecular flexibility index (Phi) is 8.62. The molecule has 1 aromatic carbocycles. The summed E-state index contributed by atoms with van der Waals surface area (Å²) in [5.74, 6) is 0.105. The minimum atomic E-state index is -0.777. The van der Waals surface area contributed by atoms with E-state index in [4.69, 9.17) is 13.9 Å². The van der Waals surface area contributed by atoms with Crippen molar-refractivity contribution >= 4 is 40.1 Å². The fourth-order valence-electron chi connectivity index (χ4n) is 4.15. The number of amides is 3. The maximum atomic E-state index is 13.9. The molecule has 12 heteroatoms. The van der Waals surface area contributed by atoms with Gasteiger partial charge in [0.15, 0.2) is 5.01 Å². The molecule has 11 nitrogen and oxygen atoms in total. The third-order valence-corrected chi connectivity index (χ3v) is 7.09. The molecule has 0 atom stereocenters. The standard InChI is InChI=1S/C29H37N5O6S/c1-19-25(32-13-15-33(16-14-32)27(37)40-29(5,6)7)41-23(30-19)24(35)34(31-26(36)39-28(2,3)4)21-11-8-10-20(18-21)22-12-9-17-38-22/h8-12,17-18H,13-16H2,1-7H3,(H,31,36). The second kappa shape index (κ2) is 11.8. The maximum Gasteiger partial charge on any atom is 0.427 e. The zero-order valence-electron chi connectivity index (χ0n) is 24.5. The number of nitrogens with zero attached hydrogens (tertiary/aromatic N) is 4. The summed E-state index contributed by atoms with van der Waals surface area (Å²) < 4.78 is 16.4. The predicted octanol–water partition coefficient (Wildman–Crippen LogP) is 5.86. The van der Waals surface area contributed by atoms with Gasteiger partial charge >= 0.3 is 18.1 Å². The van der Waals surface area contributed by atoms with Gasteiger partial charge in [-0.2, -0.15) is 0 Å². The van der Waals surface area contributed by atoms with Gasteiger partial charge in [-0.3, -0.25) is 4.79 Å².